The third-order valence-electron chi connectivity index (χ3n) is 5.97. The molecule has 5 nitrogen and oxygen atoms in total. The van der Waals surface area contributed by atoms with Crippen molar-refractivity contribution in [2.45, 2.75) is 19.4 Å². The van der Waals surface area contributed by atoms with Gasteiger partial charge in [0.05, 0.1) is 11.6 Å². The Labute approximate surface area is 189 Å². The SMILES string of the molecule is Cc1ccc(C(O)=C2C(=O)C(=O)N(CCc3c[nH]c4ccccc34)C2c2cccs2)cc1. The summed E-state index contributed by atoms with van der Waals surface area (Å²) < 4.78 is 0. The number of benzene rings is 2. The van der Waals surface area contributed by atoms with E-state index in [0.717, 1.165) is 26.9 Å². The molecule has 3 heterocycles. The monoisotopic (exact) mass is 442 g/mol. The predicted molar refractivity (Wildman–Crippen MR) is 127 cm³/mol. The molecule has 2 aromatic carbocycles. The van der Waals surface area contributed by atoms with Crippen LogP contribution in [0.2, 0.25) is 0 Å². The van der Waals surface area contributed by atoms with Crippen LogP contribution in [0.5, 0.6) is 0 Å². The van der Waals surface area contributed by atoms with Crippen LogP contribution < -0.4 is 0 Å². The third-order valence-corrected chi connectivity index (χ3v) is 6.90. The van der Waals surface area contributed by atoms with Crippen molar-refractivity contribution in [2.75, 3.05) is 6.54 Å². The fraction of sp³-hybridized carbons (Fsp3) is 0.154. The Morgan fingerprint density at radius 1 is 1.06 bits per heavy atom. The van der Waals surface area contributed by atoms with Crippen molar-refractivity contribution >= 4 is 39.7 Å². The quantitative estimate of drug-likeness (QED) is 0.253. The third kappa shape index (κ3) is 3.42. The van der Waals surface area contributed by atoms with Crippen molar-refractivity contribution in [2.24, 2.45) is 0 Å². The highest BCUT2D eigenvalue weighted by atomic mass is 32.1. The largest absolute Gasteiger partial charge is 0.507 e. The average molecular weight is 443 g/mol. The number of Topliss-reactive ketones (excluding diaryl/α,β-unsaturated/α-hetero) is 1. The lowest BCUT2D eigenvalue weighted by Crippen LogP contribution is -2.31. The smallest absolute Gasteiger partial charge is 0.295 e. The number of nitrogens with zero attached hydrogens (tertiary/aromatic N) is 1. The predicted octanol–water partition coefficient (Wildman–Crippen LogP) is 5.20. The molecule has 1 saturated heterocycles. The van der Waals surface area contributed by atoms with Gasteiger partial charge in [-0.3, -0.25) is 9.59 Å². The number of H-pyrrole nitrogens is 1. The van der Waals surface area contributed by atoms with E-state index in [9.17, 15) is 14.7 Å². The van der Waals surface area contributed by atoms with Gasteiger partial charge < -0.3 is 15.0 Å². The van der Waals surface area contributed by atoms with E-state index in [0.29, 0.717) is 18.5 Å². The zero-order valence-corrected chi connectivity index (χ0v) is 18.4. The van der Waals surface area contributed by atoms with E-state index in [1.54, 1.807) is 17.0 Å². The van der Waals surface area contributed by atoms with Gasteiger partial charge in [-0.15, -0.1) is 11.3 Å². The first-order valence-corrected chi connectivity index (χ1v) is 11.4. The van der Waals surface area contributed by atoms with Crippen LogP contribution in [0.4, 0.5) is 0 Å². The van der Waals surface area contributed by atoms with Gasteiger partial charge in [-0.2, -0.15) is 0 Å². The van der Waals surface area contributed by atoms with Gasteiger partial charge >= 0.3 is 0 Å². The minimum atomic E-state index is -0.639. The molecular weight excluding hydrogens is 420 g/mol. The number of carbonyl (C=O) groups is 2. The van der Waals surface area contributed by atoms with Gasteiger partial charge in [-0.1, -0.05) is 54.1 Å². The van der Waals surface area contributed by atoms with Crippen molar-refractivity contribution in [3.05, 3.63) is 99.4 Å². The van der Waals surface area contributed by atoms with E-state index in [1.165, 1.54) is 11.3 Å². The molecule has 32 heavy (non-hydrogen) atoms. The number of thiophene rings is 1. The van der Waals surface area contributed by atoms with Gasteiger partial charge in [0.25, 0.3) is 11.7 Å². The van der Waals surface area contributed by atoms with Crippen LogP contribution in [0.25, 0.3) is 16.7 Å². The number of fused-ring (bicyclic) bond motifs is 1. The molecule has 1 unspecified atom stereocenters. The topological polar surface area (TPSA) is 73.4 Å². The second-order valence-electron chi connectivity index (χ2n) is 7.98. The molecule has 160 valence electrons. The molecule has 0 saturated carbocycles. The molecule has 0 spiro atoms. The van der Waals surface area contributed by atoms with Crippen molar-refractivity contribution in [3.8, 4) is 0 Å². The number of aliphatic hydroxyl groups excluding tert-OH is 1. The molecule has 0 bridgehead atoms. The van der Waals surface area contributed by atoms with Gasteiger partial charge in [-0.05, 0) is 36.4 Å². The zero-order valence-electron chi connectivity index (χ0n) is 17.5. The highest BCUT2D eigenvalue weighted by molar-refractivity contribution is 7.10. The molecule has 2 N–H and O–H groups in total. The standard InChI is InChI=1S/C26H22N2O3S/c1-16-8-10-17(11-9-16)24(29)22-23(21-7-4-14-32-21)28(26(31)25(22)30)13-12-18-15-27-20-6-3-2-5-19(18)20/h2-11,14-15,23,27,29H,12-13H2,1H3. The van der Waals surface area contributed by atoms with Crippen molar-refractivity contribution in [1.29, 1.82) is 0 Å². The molecule has 1 atom stereocenters. The summed E-state index contributed by atoms with van der Waals surface area (Å²) in [6.07, 6.45) is 2.55. The molecule has 1 aliphatic heterocycles. The van der Waals surface area contributed by atoms with Gasteiger partial charge in [0.2, 0.25) is 0 Å². The molecule has 1 fully saturated rings. The number of aromatic amines is 1. The van der Waals surface area contributed by atoms with Gasteiger partial charge in [0.1, 0.15) is 5.76 Å². The Hall–Kier alpha value is -3.64. The number of amides is 1. The Morgan fingerprint density at radius 2 is 1.84 bits per heavy atom. The summed E-state index contributed by atoms with van der Waals surface area (Å²) in [6.45, 7) is 2.33. The highest BCUT2D eigenvalue weighted by Gasteiger charge is 2.46. The number of carbonyl (C=O) groups excluding carboxylic acids is 2. The van der Waals surface area contributed by atoms with Crippen LogP contribution in [0, 0.1) is 6.92 Å². The fourth-order valence-electron chi connectivity index (χ4n) is 4.30. The number of likely N-dealkylation sites (tertiary alicyclic amines) is 1. The van der Waals surface area contributed by atoms with E-state index in [4.69, 9.17) is 0 Å². The number of aryl methyl sites for hydroxylation is 1. The summed E-state index contributed by atoms with van der Waals surface area (Å²) in [6, 6.07) is 18.5. The summed E-state index contributed by atoms with van der Waals surface area (Å²) in [5, 5.41) is 14.1. The molecule has 1 aliphatic rings. The second kappa shape index (κ2) is 8.13. The lowest BCUT2D eigenvalue weighted by molar-refractivity contribution is -0.139. The normalized spacial score (nSPS) is 18.0. The van der Waals surface area contributed by atoms with E-state index in [-0.39, 0.29) is 11.3 Å². The number of hydrogen-bond acceptors (Lipinski definition) is 4. The summed E-state index contributed by atoms with van der Waals surface area (Å²) >= 11 is 1.48. The minimum Gasteiger partial charge on any atom is -0.507 e. The Morgan fingerprint density at radius 3 is 2.59 bits per heavy atom. The summed E-state index contributed by atoms with van der Waals surface area (Å²) in [7, 11) is 0. The number of nitrogens with one attached hydrogen (secondary N) is 1. The first-order chi connectivity index (χ1) is 15.5. The van der Waals surface area contributed by atoms with Crippen LogP contribution in [-0.4, -0.2) is 33.2 Å². The van der Waals surface area contributed by atoms with E-state index < -0.39 is 17.7 Å². The lowest BCUT2D eigenvalue weighted by Gasteiger charge is -2.24. The van der Waals surface area contributed by atoms with E-state index in [2.05, 4.69) is 4.98 Å². The Kier molecular flexibility index (Phi) is 5.15. The number of hydrogen-bond donors (Lipinski definition) is 2. The summed E-state index contributed by atoms with van der Waals surface area (Å²) in [5.41, 5.74) is 3.87. The van der Waals surface area contributed by atoms with Crippen LogP contribution in [0.15, 0.2) is 77.8 Å². The Bertz CT molecular complexity index is 1330. The maximum atomic E-state index is 13.1. The fourth-order valence-corrected chi connectivity index (χ4v) is 5.14. The second-order valence-corrected chi connectivity index (χ2v) is 8.96. The molecule has 1 amide bonds. The maximum absolute atomic E-state index is 13.1. The number of para-hydroxylation sites is 1. The summed E-state index contributed by atoms with van der Waals surface area (Å²) in [5.74, 6) is -1.34. The first-order valence-electron chi connectivity index (χ1n) is 10.5. The molecule has 0 aliphatic carbocycles. The van der Waals surface area contributed by atoms with Crippen LogP contribution in [0.3, 0.4) is 0 Å². The van der Waals surface area contributed by atoms with Crippen molar-refractivity contribution < 1.29 is 14.7 Å². The van der Waals surface area contributed by atoms with Crippen LogP contribution in [-0.2, 0) is 16.0 Å². The molecule has 2 aromatic heterocycles. The molecule has 0 radical (unpaired) electrons. The highest BCUT2D eigenvalue weighted by Crippen LogP contribution is 2.41. The van der Waals surface area contributed by atoms with Crippen LogP contribution in [0.1, 0.15) is 27.6 Å². The van der Waals surface area contributed by atoms with Gasteiger partial charge in [0, 0.05) is 34.1 Å². The molecule has 5 rings (SSSR count). The minimum absolute atomic E-state index is 0.128. The van der Waals surface area contributed by atoms with Gasteiger partial charge in [0.15, 0.2) is 0 Å². The summed E-state index contributed by atoms with van der Waals surface area (Å²) in [4.78, 5) is 31.8. The van der Waals surface area contributed by atoms with Gasteiger partial charge in [-0.25, -0.2) is 0 Å². The molecule has 4 aromatic rings. The van der Waals surface area contributed by atoms with Crippen molar-refractivity contribution in [3.63, 3.8) is 0 Å². The molecular formula is C26H22N2O3S. The Balaban J connectivity index is 1.53. The number of aliphatic hydroxyl groups is 1. The first kappa shape index (κ1) is 20.3. The number of aromatic nitrogens is 1. The van der Waals surface area contributed by atoms with Crippen LogP contribution >= 0.6 is 11.3 Å². The van der Waals surface area contributed by atoms with Crippen molar-refractivity contribution in [1.82, 2.24) is 9.88 Å². The molecule has 6 heteroatoms. The zero-order chi connectivity index (χ0) is 22.2. The number of ketones is 1. The lowest BCUT2D eigenvalue weighted by atomic mass is 9.99. The number of rotatable bonds is 5. The maximum Gasteiger partial charge on any atom is 0.295 e. The van der Waals surface area contributed by atoms with E-state index >= 15 is 0 Å². The average Bonchev–Trinajstić information content (AvgIpc) is 3.52. The van der Waals surface area contributed by atoms with E-state index in [1.807, 2.05) is 67.0 Å².